The van der Waals surface area contributed by atoms with E-state index in [4.69, 9.17) is 0 Å². The molecule has 1 unspecified atom stereocenters. The number of rotatable bonds is 3. The fourth-order valence-corrected chi connectivity index (χ4v) is 3.34. The summed E-state index contributed by atoms with van der Waals surface area (Å²) in [5.41, 5.74) is 4.74. The second kappa shape index (κ2) is 5.37. The Balaban J connectivity index is 1.89. The number of hydrogen-bond acceptors (Lipinski definition) is 2. The quantitative estimate of drug-likeness (QED) is 0.865. The summed E-state index contributed by atoms with van der Waals surface area (Å²) >= 11 is 0. The number of fused-ring (bicyclic) bond motifs is 1. The first-order valence-corrected chi connectivity index (χ1v) is 7.65. The van der Waals surface area contributed by atoms with E-state index in [2.05, 4.69) is 48.4 Å². The topological polar surface area (TPSA) is 41.6 Å². The van der Waals surface area contributed by atoms with Crippen LogP contribution in [0.4, 0.5) is 0 Å². The van der Waals surface area contributed by atoms with Crippen LogP contribution in [0.15, 0.2) is 30.3 Å². The average molecular weight is 279 g/mol. The molecule has 0 fully saturated rings. The van der Waals surface area contributed by atoms with E-state index >= 15 is 0 Å². The molecule has 1 heterocycles. The normalized spacial score (nSPS) is 20.8. The van der Waals surface area contributed by atoms with Gasteiger partial charge in [-0.2, -0.15) is 10.4 Å². The van der Waals surface area contributed by atoms with Crippen molar-refractivity contribution in [2.75, 3.05) is 0 Å². The maximum Gasteiger partial charge on any atom is 0.0697 e. The standard InChI is InChI=1S/C18H21N3/c1-3-16-10-17(21(2)20-16)12-18(13-19)9-8-14-6-4-5-7-15(14)11-18/h4-7,10H,3,8-9,11-12H2,1-2H3. The van der Waals surface area contributed by atoms with Crippen LogP contribution in [0, 0.1) is 16.7 Å². The summed E-state index contributed by atoms with van der Waals surface area (Å²) in [6.07, 6.45) is 4.53. The van der Waals surface area contributed by atoms with E-state index in [1.165, 1.54) is 16.8 Å². The monoisotopic (exact) mass is 279 g/mol. The molecular weight excluding hydrogens is 258 g/mol. The van der Waals surface area contributed by atoms with Crippen molar-refractivity contribution in [2.45, 2.75) is 39.0 Å². The van der Waals surface area contributed by atoms with Gasteiger partial charge in [0.15, 0.2) is 0 Å². The summed E-state index contributed by atoms with van der Waals surface area (Å²) in [4.78, 5) is 0. The Bertz CT molecular complexity index is 693. The highest BCUT2D eigenvalue weighted by Gasteiger charge is 2.35. The number of nitrogens with zero attached hydrogens (tertiary/aromatic N) is 3. The zero-order valence-corrected chi connectivity index (χ0v) is 12.8. The zero-order valence-electron chi connectivity index (χ0n) is 12.8. The Morgan fingerprint density at radius 1 is 1.33 bits per heavy atom. The molecule has 3 heteroatoms. The van der Waals surface area contributed by atoms with E-state index in [9.17, 15) is 5.26 Å². The number of hydrogen-bond donors (Lipinski definition) is 0. The lowest BCUT2D eigenvalue weighted by Gasteiger charge is -2.32. The minimum absolute atomic E-state index is 0.285. The molecule has 21 heavy (non-hydrogen) atoms. The van der Waals surface area contributed by atoms with Crippen LogP contribution in [0.5, 0.6) is 0 Å². The van der Waals surface area contributed by atoms with Gasteiger partial charge in [-0.05, 0) is 42.9 Å². The van der Waals surface area contributed by atoms with Gasteiger partial charge in [-0.25, -0.2) is 0 Å². The Morgan fingerprint density at radius 2 is 2.10 bits per heavy atom. The van der Waals surface area contributed by atoms with E-state index in [1.54, 1.807) is 0 Å². The summed E-state index contributed by atoms with van der Waals surface area (Å²) in [6, 6.07) is 13.3. The van der Waals surface area contributed by atoms with Crippen LogP contribution in [0.1, 0.15) is 35.9 Å². The van der Waals surface area contributed by atoms with Gasteiger partial charge < -0.3 is 0 Å². The van der Waals surface area contributed by atoms with E-state index < -0.39 is 0 Å². The SMILES string of the molecule is CCc1cc(CC2(C#N)CCc3ccccc3C2)n(C)n1. The van der Waals surface area contributed by atoms with E-state index in [0.29, 0.717) is 0 Å². The minimum Gasteiger partial charge on any atom is -0.272 e. The molecule has 108 valence electrons. The molecule has 0 spiro atoms. The molecule has 0 saturated heterocycles. The number of benzene rings is 1. The lowest BCUT2D eigenvalue weighted by molar-refractivity contribution is 0.331. The van der Waals surface area contributed by atoms with Crippen molar-refractivity contribution >= 4 is 0 Å². The third-order valence-corrected chi connectivity index (χ3v) is 4.67. The van der Waals surface area contributed by atoms with Gasteiger partial charge in [0.2, 0.25) is 0 Å². The van der Waals surface area contributed by atoms with Crippen LogP contribution in [0.2, 0.25) is 0 Å². The van der Waals surface area contributed by atoms with Gasteiger partial charge >= 0.3 is 0 Å². The Labute approximate surface area is 126 Å². The van der Waals surface area contributed by atoms with Crippen molar-refractivity contribution in [2.24, 2.45) is 12.5 Å². The highest BCUT2D eigenvalue weighted by molar-refractivity contribution is 5.33. The fourth-order valence-electron chi connectivity index (χ4n) is 3.34. The molecule has 1 atom stereocenters. The molecule has 0 aliphatic heterocycles. The van der Waals surface area contributed by atoms with Crippen molar-refractivity contribution in [3.8, 4) is 6.07 Å². The fraction of sp³-hybridized carbons (Fsp3) is 0.444. The molecule has 1 aliphatic rings. The van der Waals surface area contributed by atoms with Gasteiger partial charge in [-0.1, -0.05) is 31.2 Å². The summed E-state index contributed by atoms with van der Waals surface area (Å²) in [5.74, 6) is 0. The first kappa shape index (κ1) is 13.9. The summed E-state index contributed by atoms with van der Waals surface area (Å²) in [5, 5.41) is 14.3. The smallest absolute Gasteiger partial charge is 0.0697 e. The number of aryl methyl sites for hydroxylation is 3. The first-order valence-electron chi connectivity index (χ1n) is 7.65. The van der Waals surface area contributed by atoms with Gasteiger partial charge in [0.25, 0.3) is 0 Å². The highest BCUT2D eigenvalue weighted by atomic mass is 15.3. The summed E-state index contributed by atoms with van der Waals surface area (Å²) in [7, 11) is 1.98. The predicted octanol–water partition coefficient (Wildman–Crippen LogP) is 3.22. The van der Waals surface area contributed by atoms with Crippen LogP contribution < -0.4 is 0 Å². The molecule has 1 aromatic heterocycles. The van der Waals surface area contributed by atoms with Crippen LogP contribution >= 0.6 is 0 Å². The Hall–Kier alpha value is -2.08. The van der Waals surface area contributed by atoms with E-state index in [-0.39, 0.29) is 5.41 Å². The van der Waals surface area contributed by atoms with Gasteiger partial charge in [0.05, 0.1) is 17.2 Å². The Morgan fingerprint density at radius 3 is 2.76 bits per heavy atom. The molecule has 1 aromatic carbocycles. The number of nitriles is 1. The van der Waals surface area contributed by atoms with Crippen LogP contribution in [0.3, 0.4) is 0 Å². The Kier molecular flexibility index (Phi) is 3.55. The molecule has 1 aliphatic carbocycles. The lowest BCUT2D eigenvalue weighted by atomic mass is 9.70. The second-order valence-corrected chi connectivity index (χ2v) is 6.12. The molecule has 0 saturated carbocycles. The van der Waals surface area contributed by atoms with Crippen molar-refractivity contribution in [1.29, 1.82) is 5.26 Å². The molecule has 3 rings (SSSR count). The van der Waals surface area contributed by atoms with Crippen molar-refractivity contribution in [3.63, 3.8) is 0 Å². The molecule has 0 N–H and O–H groups in total. The lowest BCUT2D eigenvalue weighted by Crippen LogP contribution is -2.30. The van der Waals surface area contributed by atoms with Crippen molar-refractivity contribution in [1.82, 2.24) is 9.78 Å². The van der Waals surface area contributed by atoms with Gasteiger partial charge in [0.1, 0.15) is 0 Å². The molecule has 2 aromatic rings. The number of aromatic nitrogens is 2. The molecule has 3 nitrogen and oxygen atoms in total. The van der Waals surface area contributed by atoms with Crippen molar-refractivity contribution in [3.05, 3.63) is 52.8 Å². The third kappa shape index (κ3) is 2.58. The zero-order chi connectivity index (χ0) is 14.9. The first-order chi connectivity index (χ1) is 10.2. The van der Waals surface area contributed by atoms with Crippen molar-refractivity contribution < 1.29 is 0 Å². The summed E-state index contributed by atoms with van der Waals surface area (Å²) in [6.45, 7) is 2.11. The minimum atomic E-state index is -0.285. The average Bonchev–Trinajstić information content (AvgIpc) is 2.87. The third-order valence-electron chi connectivity index (χ3n) is 4.67. The summed E-state index contributed by atoms with van der Waals surface area (Å²) < 4.78 is 1.94. The maximum atomic E-state index is 9.80. The highest BCUT2D eigenvalue weighted by Crippen LogP contribution is 2.37. The van der Waals surface area contributed by atoms with Gasteiger partial charge in [-0.15, -0.1) is 0 Å². The van der Waals surface area contributed by atoms with Crippen LogP contribution in [-0.4, -0.2) is 9.78 Å². The molecule has 0 radical (unpaired) electrons. The van der Waals surface area contributed by atoms with Crippen LogP contribution in [-0.2, 0) is 32.7 Å². The molecule has 0 bridgehead atoms. The molecular formula is C18H21N3. The molecule has 0 amide bonds. The second-order valence-electron chi connectivity index (χ2n) is 6.12. The van der Waals surface area contributed by atoms with E-state index in [1.807, 2.05) is 11.7 Å². The largest absolute Gasteiger partial charge is 0.272 e. The van der Waals surface area contributed by atoms with Gasteiger partial charge in [0, 0.05) is 19.2 Å². The maximum absolute atomic E-state index is 9.80. The predicted molar refractivity (Wildman–Crippen MR) is 82.8 cm³/mol. The van der Waals surface area contributed by atoms with E-state index in [0.717, 1.165) is 37.8 Å². The van der Waals surface area contributed by atoms with Crippen LogP contribution in [0.25, 0.3) is 0 Å². The van der Waals surface area contributed by atoms with Gasteiger partial charge in [-0.3, -0.25) is 4.68 Å².